The van der Waals surface area contributed by atoms with Crippen LogP contribution in [0.2, 0.25) is 18.1 Å². The molecule has 3 heterocycles. The van der Waals surface area contributed by atoms with Crippen molar-refractivity contribution in [3.8, 4) is 0 Å². The van der Waals surface area contributed by atoms with Crippen LogP contribution >= 0.6 is 17.1 Å². The van der Waals surface area contributed by atoms with E-state index in [1.54, 1.807) is 11.4 Å². The van der Waals surface area contributed by atoms with Crippen LogP contribution in [-0.4, -0.2) is 47.5 Å². The zero-order valence-corrected chi connectivity index (χ0v) is 26.5. The van der Waals surface area contributed by atoms with Gasteiger partial charge in [-0.3, -0.25) is 14.3 Å². The Morgan fingerprint density at radius 1 is 1.38 bits per heavy atom. The molecule has 37 heavy (non-hydrogen) atoms. The SMILES string of the molecule is C=C(C)[C@H]1CC[C@@]2(C)S[P@](=S)(O[C@H]3C[C@H](n4ccc(=O)[nH]c4=O)O[C@@H]3CO[Si](C)(C)C(C)(C)C)O[C@@H]2C1. The summed E-state index contributed by atoms with van der Waals surface area (Å²) in [6, 6.07) is 1.32. The second-order valence-electron chi connectivity index (χ2n) is 12.4. The van der Waals surface area contributed by atoms with E-state index in [0.29, 0.717) is 18.9 Å². The first-order valence-corrected chi connectivity index (χ1v) is 19.9. The van der Waals surface area contributed by atoms with Gasteiger partial charge in [0.25, 0.3) is 5.56 Å². The third kappa shape index (κ3) is 6.29. The normalized spacial score (nSPS) is 36.5. The molecule has 8 nitrogen and oxygen atoms in total. The fourth-order valence-corrected chi connectivity index (χ4v) is 13.5. The standard InChI is InChI=1S/C25H41N2O6PS2Si/c1-16(2)17-9-11-25(6)20(13-17)33-34(35,36-25)32-18-14-22(27-12-10-21(28)26-23(27)29)31-19(18)15-30-37(7,8)24(3,4)5/h10,12,17-20,22H,1,9,11,13-15H2,2-8H3,(H,26,28,29)/t17-,18-,19+,20+,22+,25+,34+/m0/s1. The Hall–Kier alpha value is -0.523. The van der Waals surface area contributed by atoms with E-state index in [1.807, 2.05) is 0 Å². The number of aromatic amines is 1. The van der Waals surface area contributed by atoms with Crippen molar-refractivity contribution in [1.29, 1.82) is 0 Å². The quantitative estimate of drug-likeness (QED) is 0.246. The number of rotatable bonds is 7. The molecule has 0 aromatic carbocycles. The van der Waals surface area contributed by atoms with Crippen LogP contribution in [0.5, 0.6) is 0 Å². The van der Waals surface area contributed by atoms with Crippen LogP contribution in [0.3, 0.4) is 0 Å². The van der Waals surface area contributed by atoms with Gasteiger partial charge in [0.1, 0.15) is 12.3 Å². The summed E-state index contributed by atoms with van der Waals surface area (Å²) in [5.41, 5.74) is -2.43. The van der Waals surface area contributed by atoms with Crippen molar-refractivity contribution in [3.05, 3.63) is 45.3 Å². The summed E-state index contributed by atoms with van der Waals surface area (Å²) in [7, 11) is -2.05. The Bertz CT molecular complexity index is 1200. The zero-order valence-electron chi connectivity index (χ0n) is 22.9. The number of allylic oxidation sites excluding steroid dienone is 1. The molecular formula is C25H41N2O6PS2Si. The van der Waals surface area contributed by atoms with Crippen molar-refractivity contribution in [2.24, 2.45) is 5.92 Å². The lowest BCUT2D eigenvalue weighted by Crippen LogP contribution is -2.44. The number of H-pyrrole nitrogens is 1. The Kier molecular flexibility index (Phi) is 8.33. The minimum absolute atomic E-state index is 0.0284. The average Bonchev–Trinajstić information content (AvgIpc) is 3.27. The van der Waals surface area contributed by atoms with Crippen LogP contribution < -0.4 is 11.2 Å². The smallest absolute Gasteiger partial charge is 0.330 e. The number of aromatic nitrogens is 2. The molecule has 208 valence electrons. The predicted octanol–water partition coefficient (Wildman–Crippen LogP) is 5.72. The monoisotopic (exact) mass is 588 g/mol. The molecule has 2 saturated heterocycles. The van der Waals surface area contributed by atoms with Gasteiger partial charge in [-0.25, -0.2) is 4.79 Å². The van der Waals surface area contributed by atoms with Crippen LogP contribution in [0.25, 0.3) is 0 Å². The fraction of sp³-hybridized carbons (Fsp3) is 0.760. The minimum Gasteiger partial charge on any atom is -0.414 e. The number of nitrogens with zero attached hydrogens (tertiary/aromatic N) is 1. The van der Waals surface area contributed by atoms with Crippen LogP contribution in [0.1, 0.15) is 66.5 Å². The van der Waals surface area contributed by atoms with Crippen molar-refractivity contribution >= 4 is 37.2 Å². The summed E-state index contributed by atoms with van der Waals surface area (Å²) < 4.78 is 27.4. The first-order valence-electron chi connectivity index (χ1n) is 13.0. The third-order valence-electron chi connectivity index (χ3n) is 8.46. The van der Waals surface area contributed by atoms with Crippen molar-refractivity contribution in [2.45, 2.75) is 108 Å². The van der Waals surface area contributed by atoms with Gasteiger partial charge in [0.15, 0.2) is 8.32 Å². The summed E-state index contributed by atoms with van der Waals surface area (Å²) in [5.74, 6) is 0.442. The highest BCUT2D eigenvalue weighted by molar-refractivity contribution is 8.68. The van der Waals surface area contributed by atoms with Crippen molar-refractivity contribution in [2.75, 3.05) is 6.61 Å². The number of nitrogens with one attached hydrogen (secondary N) is 1. The average molecular weight is 589 g/mol. The Balaban J connectivity index is 1.55. The maximum atomic E-state index is 12.5. The molecule has 1 aromatic rings. The van der Waals surface area contributed by atoms with Gasteiger partial charge in [0.2, 0.25) is 5.69 Å². The van der Waals surface area contributed by atoms with E-state index < -0.39 is 43.7 Å². The topological polar surface area (TPSA) is 91.8 Å². The van der Waals surface area contributed by atoms with Crippen molar-refractivity contribution in [1.82, 2.24) is 9.55 Å². The molecule has 1 aliphatic carbocycles. The van der Waals surface area contributed by atoms with Crippen LogP contribution in [0.15, 0.2) is 34.0 Å². The number of fused-ring (bicyclic) bond motifs is 1. The molecule has 7 atom stereocenters. The molecule has 0 radical (unpaired) electrons. The second-order valence-corrected chi connectivity index (χ2v) is 23.7. The molecule has 0 bridgehead atoms. The Labute approximate surface area is 229 Å². The molecule has 2 aliphatic heterocycles. The van der Waals surface area contributed by atoms with Crippen molar-refractivity contribution in [3.63, 3.8) is 0 Å². The maximum absolute atomic E-state index is 12.5. The first-order chi connectivity index (χ1) is 17.0. The van der Waals surface area contributed by atoms with E-state index in [1.165, 1.54) is 22.4 Å². The van der Waals surface area contributed by atoms with E-state index in [2.05, 4.69) is 59.3 Å². The van der Waals surface area contributed by atoms with E-state index in [0.717, 1.165) is 19.3 Å². The molecule has 1 N–H and O–H groups in total. The number of hydrogen-bond donors (Lipinski definition) is 1. The second kappa shape index (κ2) is 10.5. The van der Waals surface area contributed by atoms with Crippen molar-refractivity contribution < 1.29 is 18.2 Å². The van der Waals surface area contributed by atoms with Gasteiger partial charge in [0, 0.05) is 23.4 Å². The lowest BCUT2D eigenvalue weighted by Gasteiger charge is -2.37. The summed E-state index contributed by atoms with van der Waals surface area (Å²) >= 11 is 7.75. The molecule has 3 aliphatic rings. The van der Waals surface area contributed by atoms with Gasteiger partial charge in [0.05, 0.1) is 18.8 Å². The molecule has 1 aromatic heterocycles. The molecule has 0 spiro atoms. The highest BCUT2D eigenvalue weighted by Gasteiger charge is 2.55. The van der Waals surface area contributed by atoms with Gasteiger partial charge in [-0.15, -0.1) is 0 Å². The molecular weight excluding hydrogens is 547 g/mol. The van der Waals surface area contributed by atoms with Crippen LogP contribution in [0, 0.1) is 5.92 Å². The van der Waals surface area contributed by atoms with E-state index in [-0.39, 0.29) is 15.9 Å². The van der Waals surface area contributed by atoms with E-state index >= 15 is 0 Å². The Morgan fingerprint density at radius 2 is 2.08 bits per heavy atom. The molecule has 12 heteroatoms. The first kappa shape index (κ1) is 29.5. The predicted molar refractivity (Wildman–Crippen MR) is 155 cm³/mol. The third-order valence-corrected chi connectivity index (χ3v) is 18.7. The highest BCUT2D eigenvalue weighted by atomic mass is 32.9. The van der Waals surface area contributed by atoms with Gasteiger partial charge < -0.3 is 18.2 Å². The lowest BCUT2D eigenvalue weighted by atomic mass is 9.77. The molecule has 0 amide bonds. The molecule has 0 unspecified atom stereocenters. The molecule has 1 saturated carbocycles. The van der Waals surface area contributed by atoms with Gasteiger partial charge >= 0.3 is 5.69 Å². The Morgan fingerprint density at radius 3 is 2.70 bits per heavy atom. The number of hydrogen-bond acceptors (Lipinski definition) is 8. The summed E-state index contributed by atoms with van der Waals surface area (Å²) in [6.07, 6.45) is 3.50. The van der Waals surface area contributed by atoms with E-state index in [9.17, 15) is 9.59 Å². The van der Waals surface area contributed by atoms with Crippen LogP contribution in [0.4, 0.5) is 0 Å². The number of ether oxygens (including phenoxy) is 1. The van der Waals surface area contributed by atoms with Gasteiger partial charge in [-0.05, 0) is 69.0 Å². The van der Waals surface area contributed by atoms with Gasteiger partial charge in [-0.2, -0.15) is 0 Å². The summed E-state index contributed by atoms with van der Waals surface area (Å²) in [4.78, 5) is 26.4. The minimum atomic E-state index is -2.67. The van der Waals surface area contributed by atoms with Gasteiger partial charge in [-0.1, -0.05) is 44.3 Å². The van der Waals surface area contributed by atoms with E-state index in [4.69, 9.17) is 30.0 Å². The summed E-state index contributed by atoms with van der Waals surface area (Å²) in [6.45, 7) is 19.8. The molecule has 3 fully saturated rings. The maximum Gasteiger partial charge on any atom is 0.330 e. The lowest BCUT2D eigenvalue weighted by molar-refractivity contribution is -0.0400. The largest absolute Gasteiger partial charge is 0.414 e. The fourth-order valence-electron chi connectivity index (χ4n) is 4.89. The highest BCUT2D eigenvalue weighted by Crippen LogP contribution is 2.76. The molecule has 4 rings (SSSR count). The zero-order chi connectivity index (χ0) is 27.4. The van der Waals surface area contributed by atoms with Crippen LogP contribution in [-0.2, 0) is 30.0 Å². The summed E-state index contributed by atoms with van der Waals surface area (Å²) in [5, 5.41) is 0.0397.